The molecular formula is C14H11BrN2O2. The quantitative estimate of drug-likeness (QED) is 0.835. The number of hydrogen-bond donors (Lipinski definition) is 2. The maximum Gasteiger partial charge on any atom is 0.256 e. The van der Waals surface area contributed by atoms with Crippen molar-refractivity contribution in [2.45, 2.75) is 0 Å². The molecule has 0 aliphatic carbocycles. The lowest BCUT2D eigenvalue weighted by molar-refractivity contribution is -0.110. The molecular weight excluding hydrogens is 308 g/mol. The number of methoxy groups -OCH3 is 1. The Morgan fingerprint density at radius 3 is 2.95 bits per heavy atom. The van der Waals surface area contributed by atoms with Crippen LogP contribution in [0.25, 0.3) is 11.6 Å². The van der Waals surface area contributed by atoms with Gasteiger partial charge in [-0.2, -0.15) is 0 Å². The number of aromatic amines is 1. The van der Waals surface area contributed by atoms with Crippen LogP contribution in [0.4, 0.5) is 5.69 Å². The molecule has 0 fully saturated rings. The van der Waals surface area contributed by atoms with Crippen molar-refractivity contribution in [2.75, 3.05) is 12.4 Å². The van der Waals surface area contributed by atoms with E-state index in [1.807, 2.05) is 24.3 Å². The van der Waals surface area contributed by atoms with Crippen molar-refractivity contribution in [3.8, 4) is 5.75 Å². The number of anilines is 1. The van der Waals surface area contributed by atoms with Crippen LogP contribution >= 0.6 is 15.9 Å². The van der Waals surface area contributed by atoms with Gasteiger partial charge in [-0.05, 0) is 24.3 Å². The van der Waals surface area contributed by atoms with Crippen molar-refractivity contribution in [1.82, 2.24) is 4.98 Å². The zero-order chi connectivity index (χ0) is 13.4. The summed E-state index contributed by atoms with van der Waals surface area (Å²) in [6, 6.07) is 7.51. The maximum atomic E-state index is 12.1. The highest BCUT2D eigenvalue weighted by atomic mass is 79.9. The zero-order valence-corrected chi connectivity index (χ0v) is 11.7. The summed E-state index contributed by atoms with van der Waals surface area (Å²) in [7, 11) is 1.60. The minimum Gasteiger partial charge on any atom is -0.495 e. The third-order valence-corrected chi connectivity index (χ3v) is 3.68. The molecule has 1 amide bonds. The minimum absolute atomic E-state index is 0.112. The Morgan fingerprint density at radius 2 is 2.16 bits per heavy atom. The minimum atomic E-state index is -0.112. The summed E-state index contributed by atoms with van der Waals surface area (Å²) in [5, 5.41) is 2.85. The lowest BCUT2D eigenvalue weighted by atomic mass is 10.1. The van der Waals surface area contributed by atoms with Gasteiger partial charge in [0.25, 0.3) is 5.91 Å². The number of fused-ring (bicyclic) bond motifs is 1. The summed E-state index contributed by atoms with van der Waals surface area (Å²) in [6.07, 6.45) is 3.57. The lowest BCUT2D eigenvalue weighted by Crippen LogP contribution is -2.03. The second-order valence-corrected chi connectivity index (χ2v) is 4.99. The number of carbonyl (C=O) groups excluding carboxylic acids is 1. The monoisotopic (exact) mass is 318 g/mol. The number of halogens is 1. The molecule has 4 nitrogen and oxygen atoms in total. The summed E-state index contributed by atoms with van der Waals surface area (Å²) in [5.41, 5.74) is 3.08. The van der Waals surface area contributed by atoms with Crippen molar-refractivity contribution in [1.29, 1.82) is 0 Å². The number of aromatic nitrogens is 1. The first-order chi connectivity index (χ1) is 9.20. The Kier molecular flexibility index (Phi) is 2.91. The van der Waals surface area contributed by atoms with E-state index in [0.717, 1.165) is 21.4 Å². The van der Waals surface area contributed by atoms with Crippen LogP contribution in [-0.2, 0) is 4.79 Å². The second kappa shape index (κ2) is 4.59. The van der Waals surface area contributed by atoms with Gasteiger partial charge in [0.2, 0.25) is 0 Å². The smallest absolute Gasteiger partial charge is 0.256 e. The van der Waals surface area contributed by atoms with E-state index in [0.29, 0.717) is 11.3 Å². The number of amides is 1. The molecule has 0 unspecified atom stereocenters. The summed E-state index contributed by atoms with van der Waals surface area (Å²) in [5.74, 6) is 0.597. The van der Waals surface area contributed by atoms with Gasteiger partial charge in [-0.25, -0.2) is 0 Å². The fraction of sp³-hybridized carbons (Fsp3) is 0.0714. The van der Waals surface area contributed by atoms with Crippen LogP contribution in [0, 0.1) is 0 Å². The third-order valence-electron chi connectivity index (χ3n) is 3.02. The molecule has 0 spiro atoms. The highest BCUT2D eigenvalue weighted by Gasteiger charge is 2.26. The number of benzene rings is 1. The van der Waals surface area contributed by atoms with Crippen molar-refractivity contribution < 1.29 is 9.53 Å². The Hall–Kier alpha value is -2.01. The van der Waals surface area contributed by atoms with Crippen molar-refractivity contribution >= 4 is 39.2 Å². The molecule has 0 saturated heterocycles. The van der Waals surface area contributed by atoms with Gasteiger partial charge in [0, 0.05) is 16.2 Å². The number of H-pyrrole nitrogens is 1. The predicted molar refractivity (Wildman–Crippen MR) is 78.0 cm³/mol. The first kappa shape index (κ1) is 12.0. The molecule has 5 heteroatoms. The highest BCUT2D eigenvalue weighted by molar-refractivity contribution is 9.10. The van der Waals surface area contributed by atoms with Crippen LogP contribution in [-0.4, -0.2) is 18.0 Å². The van der Waals surface area contributed by atoms with E-state index in [1.165, 1.54) is 0 Å². The van der Waals surface area contributed by atoms with Gasteiger partial charge in [-0.1, -0.05) is 22.0 Å². The molecule has 1 aromatic heterocycles. The molecule has 96 valence electrons. The third kappa shape index (κ3) is 1.96. The molecule has 2 heterocycles. The number of rotatable bonds is 2. The van der Waals surface area contributed by atoms with Gasteiger partial charge < -0.3 is 15.0 Å². The summed E-state index contributed by atoms with van der Waals surface area (Å²) in [4.78, 5) is 15.1. The summed E-state index contributed by atoms with van der Waals surface area (Å²) >= 11 is 3.48. The van der Waals surface area contributed by atoms with E-state index in [1.54, 1.807) is 19.4 Å². The van der Waals surface area contributed by atoms with Gasteiger partial charge in [0.1, 0.15) is 5.75 Å². The molecule has 3 rings (SSSR count). The van der Waals surface area contributed by atoms with E-state index < -0.39 is 0 Å². The van der Waals surface area contributed by atoms with Crippen LogP contribution in [0.3, 0.4) is 0 Å². The fourth-order valence-corrected chi connectivity index (χ4v) is 2.73. The Balaban J connectivity index is 2.15. The van der Waals surface area contributed by atoms with Gasteiger partial charge in [0.05, 0.1) is 24.1 Å². The summed E-state index contributed by atoms with van der Waals surface area (Å²) < 4.78 is 6.12. The number of hydrogen-bond acceptors (Lipinski definition) is 2. The van der Waals surface area contributed by atoms with E-state index in [-0.39, 0.29) is 5.91 Å². The van der Waals surface area contributed by atoms with Crippen molar-refractivity contribution in [3.63, 3.8) is 0 Å². The van der Waals surface area contributed by atoms with Gasteiger partial charge in [0.15, 0.2) is 0 Å². The molecule has 1 aliphatic heterocycles. The molecule has 1 aromatic carbocycles. The predicted octanol–water partition coefficient (Wildman–Crippen LogP) is 3.28. The summed E-state index contributed by atoms with van der Waals surface area (Å²) in [6.45, 7) is 0. The van der Waals surface area contributed by atoms with Crippen molar-refractivity contribution in [2.24, 2.45) is 0 Å². The van der Waals surface area contributed by atoms with Gasteiger partial charge in [-0.15, -0.1) is 0 Å². The van der Waals surface area contributed by atoms with E-state index >= 15 is 0 Å². The highest BCUT2D eigenvalue weighted by Crippen LogP contribution is 2.38. The van der Waals surface area contributed by atoms with Crippen LogP contribution in [0.15, 0.2) is 34.9 Å². The Labute approximate surface area is 118 Å². The molecule has 0 radical (unpaired) electrons. The topological polar surface area (TPSA) is 54.1 Å². The lowest BCUT2D eigenvalue weighted by Gasteiger charge is -2.02. The first-order valence-electron chi connectivity index (χ1n) is 5.74. The Bertz CT molecular complexity index is 689. The number of nitrogens with one attached hydrogen (secondary N) is 2. The van der Waals surface area contributed by atoms with Crippen LogP contribution in [0.1, 0.15) is 11.3 Å². The van der Waals surface area contributed by atoms with E-state index in [9.17, 15) is 4.79 Å². The standard InChI is InChI=1S/C14H11BrN2O2/c1-19-12-5-6-16-11(12)7-8-13-9(15)3-2-4-10(13)17-14(8)18/h2-7,16H,1H3,(H,17,18)/b8-7-. The van der Waals surface area contributed by atoms with Crippen molar-refractivity contribution in [3.05, 3.63) is 46.2 Å². The van der Waals surface area contributed by atoms with E-state index in [2.05, 4.69) is 26.2 Å². The molecule has 0 bridgehead atoms. The Morgan fingerprint density at radius 1 is 1.32 bits per heavy atom. The average Bonchev–Trinajstić information content (AvgIpc) is 2.96. The number of ether oxygens (including phenoxy) is 1. The number of carbonyl (C=O) groups is 1. The second-order valence-electron chi connectivity index (χ2n) is 4.13. The SMILES string of the molecule is COc1cc[nH]c1/C=C1\C(=O)Nc2cccc(Br)c21. The molecule has 2 N–H and O–H groups in total. The molecule has 1 aliphatic rings. The van der Waals surface area contributed by atoms with Crippen LogP contribution < -0.4 is 10.1 Å². The fourth-order valence-electron chi connectivity index (χ4n) is 2.15. The molecule has 19 heavy (non-hydrogen) atoms. The van der Waals surface area contributed by atoms with Crippen LogP contribution in [0.2, 0.25) is 0 Å². The molecule has 0 saturated carbocycles. The average molecular weight is 319 g/mol. The van der Waals surface area contributed by atoms with Gasteiger partial charge in [-0.3, -0.25) is 4.79 Å². The first-order valence-corrected chi connectivity index (χ1v) is 6.53. The molecule has 2 aromatic rings. The maximum absolute atomic E-state index is 12.1. The normalized spacial score (nSPS) is 15.5. The van der Waals surface area contributed by atoms with E-state index in [4.69, 9.17) is 4.74 Å². The van der Waals surface area contributed by atoms with Gasteiger partial charge >= 0.3 is 0 Å². The van der Waals surface area contributed by atoms with Crippen LogP contribution in [0.5, 0.6) is 5.75 Å². The molecule has 0 atom stereocenters. The zero-order valence-electron chi connectivity index (χ0n) is 10.2. The largest absolute Gasteiger partial charge is 0.495 e.